The summed E-state index contributed by atoms with van der Waals surface area (Å²) in [5, 5.41) is 4.40. The van der Waals surface area contributed by atoms with E-state index in [1.165, 1.54) is 32.4 Å². The number of nitrogens with zero attached hydrogens (tertiary/aromatic N) is 2. The van der Waals surface area contributed by atoms with Crippen LogP contribution in [0.1, 0.15) is 38.9 Å². The Morgan fingerprint density at radius 2 is 2.07 bits per heavy atom. The van der Waals surface area contributed by atoms with Crippen molar-refractivity contribution < 1.29 is 4.42 Å². The zero-order valence-corrected chi connectivity index (χ0v) is 17.4. The van der Waals surface area contributed by atoms with Crippen LogP contribution in [0.25, 0.3) is 22.1 Å². The number of halogens is 1. The zero-order valence-electron chi connectivity index (χ0n) is 15.8. The van der Waals surface area contributed by atoms with E-state index < -0.39 is 0 Å². The summed E-state index contributed by atoms with van der Waals surface area (Å²) in [5.74, 6) is 0.627. The molecule has 144 valence electrons. The number of benzene rings is 1. The first-order valence-electron chi connectivity index (χ1n) is 9.50. The van der Waals surface area contributed by atoms with Crippen LogP contribution in [0, 0.1) is 0 Å². The molecule has 1 fully saturated rings. The van der Waals surface area contributed by atoms with Gasteiger partial charge in [-0.1, -0.05) is 22.4 Å². The summed E-state index contributed by atoms with van der Waals surface area (Å²) in [5.41, 5.74) is 1.26. The topological polar surface area (TPSA) is 74.2 Å². The van der Waals surface area contributed by atoms with Crippen molar-refractivity contribution in [3.05, 3.63) is 38.9 Å². The number of hydrogen-bond donors (Lipinski definition) is 2. The highest BCUT2D eigenvalue weighted by atomic mass is 79.9. The second-order valence-corrected chi connectivity index (χ2v) is 8.92. The van der Waals surface area contributed by atoms with Gasteiger partial charge in [0.15, 0.2) is 0 Å². The van der Waals surface area contributed by atoms with Gasteiger partial charge in [0.05, 0.1) is 6.54 Å². The van der Waals surface area contributed by atoms with Gasteiger partial charge in [0.1, 0.15) is 16.9 Å². The molecule has 0 bridgehead atoms. The predicted molar refractivity (Wildman–Crippen MR) is 111 cm³/mol. The second-order valence-electron chi connectivity index (χ2n) is 8.01. The van der Waals surface area contributed by atoms with Gasteiger partial charge in [-0.25, -0.2) is 4.98 Å². The van der Waals surface area contributed by atoms with Crippen molar-refractivity contribution in [1.29, 1.82) is 0 Å². The number of nitrogens with one attached hydrogen (secondary N) is 2. The fraction of sp³-hybridized carbons (Fsp3) is 0.500. The Labute approximate surface area is 166 Å². The number of piperidine rings is 1. The lowest BCUT2D eigenvalue weighted by molar-refractivity contribution is 0.171. The zero-order chi connectivity index (χ0) is 19.0. The predicted octanol–water partition coefficient (Wildman–Crippen LogP) is 3.79. The highest BCUT2D eigenvalue weighted by molar-refractivity contribution is 9.10. The molecule has 7 heteroatoms. The molecular weight excluding hydrogens is 408 g/mol. The number of rotatable bonds is 5. The Kier molecular flexibility index (Phi) is 5.09. The number of hydrogen-bond acceptors (Lipinski definition) is 5. The molecule has 1 aromatic carbocycles. The maximum absolute atomic E-state index is 12.5. The standard InChI is InChI=1S/C20H25BrN4O2/c1-20(2,12-25-8-4-3-5-9-25)22-11-16-23-17-14-10-13(21)6-7-15(14)27-18(17)19(26)24-16/h6-7,10,22H,3-5,8-9,11-12H2,1-2H3,(H,23,24,26). The van der Waals surface area contributed by atoms with Crippen LogP contribution in [0.5, 0.6) is 0 Å². The van der Waals surface area contributed by atoms with E-state index in [-0.39, 0.29) is 16.7 Å². The molecule has 2 aromatic heterocycles. The second kappa shape index (κ2) is 7.37. The summed E-state index contributed by atoms with van der Waals surface area (Å²) in [6, 6.07) is 5.68. The summed E-state index contributed by atoms with van der Waals surface area (Å²) in [6.07, 6.45) is 3.90. The summed E-state index contributed by atoms with van der Waals surface area (Å²) in [4.78, 5) is 22.5. The third-order valence-corrected chi connectivity index (χ3v) is 5.63. The van der Waals surface area contributed by atoms with Crippen molar-refractivity contribution in [3.8, 4) is 0 Å². The Bertz CT molecular complexity index is 1020. The van der Waals surface area contributed by atoms with Gasteiger partial charge in [0.2, 0.25) is 5.58 Å². The van der Waals surface area contributed by atoms with Crippen molar-refractivity contribution in [2.24, 2.45) is 0 Å². The molecule has 4 rings (SSSR count). The molecule has 2 N–H and O–H groups in total. The van der Waals surface area contributed by atoms with Gasteiger partial charge in [-0.15, -0.1) is 0 Å². The molecule has 0 atom stereocenters. The van der Waals surface area contributed by atoms with Gasteiger partial charge >= 0.3 is 0 Å². The monoisotopic (exact) mass is 432 g/mol. The summed E-state index contributed by atoms with van der Waals surface area (Å²) in [6.45, 7) is 8.23. The van der Waals surface area contributed by atoms with Crippen molar-refractivity contribution >= 4 is 38.0 Å². The fourth-order valence-corrected chi connectivity index (χ4v) is 4.17. The molecule has 1 aliphatic rings. The van der Waals surface area contributed by atoms with Gasteiger partial charge in [-0.2, -0.15) is 0 Å². The van der Waals surface area contributed by atoms with Gasteiger partial charge in [-0.05, 0) is 58.0 Å². The third-order valence-electron chi connectivity index (χ3n) is 5.14. The van der Waals surface area contributed by atoms with E-state index in [1.54, 1.807) is 0 Å². The van der Waals surface area contributed by atoms with Crippen molar-refractivity contribution in [2.45, 2.75) is 45.2 Å². The Morgan fingerprint density at radius 3 is 2.85 bits per heavy atom. The molecule has 0 unspecified atom stereocenters. The first-order chi connectivity index (χ1) is 12.9. The Hall–Kier alpha value is -1.70. The van der Waals surface area contributed by atoms with Crippen LogP contribution in [-0.2, 0) is 6.54 Å². The van der Waals surface area contributed by atoms with Crippen LogP contribution in [0.15, 0.2) is 31.9 Å². The Morgan fingerprint density at radius 1 is 1.30 bits per heavy atom. The van der Waals surface area contributed by atoms with E-state index in [0.29, 0.717) is 23.5 Å². The molecule has 3 heterocycles. The maximum atomic E-state index is 12.5. The first kappa shape index (κ1) is 18.7. The lowest BCUT2D eigenvalue weighted by atomic mass is 10.0. The number of aromatic nitrogens is 2. The molecular formula is C20H25BrN4O2. The largest absolute Gasteiger partial charge is 0.449 e. The number of furan rings is 1. The van der Waals surface area contributed by atoms with Crippen LogP contribution < -0.4 is 10.9 Å². The minimum atomic E-state index is -0.238. The van der Waals surface area contributed by atoms with Crippen molar-refractivity contribution in [1.82, 2.24) is 20.2 Å². The average Bonchev–Trinajstić information content (AvgIpc) is 2.99. The highest BCUT2D eigenvalue weighted by Crippen LogP contribution is 2.27. The lowest BCUT2D eigenvalue weighted by Gasteiger charge is -2.35. The van der Waals surface area contributed by atoms with E-state index in [1.807, 2.05) is 18.2 Å². The van der Waals surface area contributed by atoms with Gasteiger partial charge in [-0.3, -0.25) is 4.79 Å². The molecule has 0 saturated carbocycles. The van der Waals surface area contributed by atoms with Crippen LogP contribution in [-0.4, -0.2) is 40.0 Å². The van der Waals surface area contributed by atoms with Crippen molar-refractivity contribution in [2.75, 3.05) is 19.6 Å². The van der Waals surface area contributed by atoms with E-state index in [0.717, 1.165) is 16.4 Å². The summed E-state index contributed by atoms with van der Waals surface area (Å²) in [7, 11) is 0. The molecule has 0 spiro atoms. The van der Waals surface area contributed by atoms with Crippen LogP contribution in [0.3, 0.4) is 0 Å². The highest BCUT2D eigenvalue weighted by Gasteiger charge is 2.23. The summed E-state index contributed by atoms with van der Waals surface area (Å²) >= 11 is 3.47. The van der Waals surface area contributed by atoms with Gasteiger partial charge < -0.3 is 19.6 Å². The quantitative estimate of drug-likeness (QED) is 0.641. The number of fused-ring (bicyclic) bond motifs is 3. The average molecular weight is 433 g/mol. The number of likely N-dealkylation sites (tertiary alicyclic amines) is 1. The molecule has 6 nitrogen and oxygen atoms in total. The third kappa shape index (κ3) is 4.10. The molecule has 27 heavy (non-hydrogen) atoms. The van der Waals surface area contributed by atoms with E-state index >= 15 is 0 Å². The van der Waals surface area contributed by atoms with Crippen LogP contribution >= 0.6 is 15.9 Å². The molecule has 0 aliphatic carbocycles. The van der Waals surface area contributed by atoms with E-state index in [2.05, 4.69) is 50.0 Å². The van der Waals surface area contributed by atoms with Gasteiger partial charge in [0, 0.05) is 21.9 Å². The fourth-order valence-electron chi connectivity index (χ4n) is 3.81. The minimum absolute atomic E-state index is 0.0631. The minimum Gasteiger partial charge on any atom is -0.449 e. The molecule has 1 saturated heterocycles. The van der Waals surface area contributed by atoms with Crippen molar-refractivity contribution in [3.63, 3.8) is 0 Å². The van der Waals surface area contributed by atoms with Crippen LogP contribution in [0.2, 0.25) is 0 Å². The summed E-state index contributed by atoms with van der Waals surface area (Å²) < 4.78 is 6.62. The molecule has 3 aromatic rings. The number of H-pyrrole nitrogens is 1. The van der Waals surface area contributed by atoms with Gasteiger partial charge in [0.25, 0.3) is 5.56 Å². The Balaban J connectivity index is 1.55. The normalized spacial score (nSPS) is 16.4. The first-order valence-corrected chi connectivity index (χ1v) is 10.3. The molecule has 0 amide bonds. The maximum Gasteiger partial charge on any atom is 0.294 e. The van der Waals surface area contributed by atoms with Crippen LogP contribution in [0.4, 0.5) is 0 Å². The lowest BCUT2D eigenvalue weighted by Crippen LogP contribution is -2.50. The SMILES string of the molecule is CC(C)(CN1CCCCC1)NCc1nc2c(oc3ccc(Br)cc32)c(=O)[nH]1. The molecule has 0 radical (unpaired) electrons. The number of aromatic amines is 1. The molecule has 1 aliphatic heterocycles. The van der Waals surface area contributed by atoms with E-state index in [4.69, 9.17) is 4.42 Å². The van der Waals surface area contributed by atoms with E-state index in [9.17, 15) is 4.79 Å². The smallest absolute Gasteiger partial charge is 0.294 e.